The minimum absolute atomic E-state index is 0.0292. The minimum Gasteiger partial charge on any atom is -0.354 e. The third kappa shape index (κ3) is 6.47. The summed E-state index contributed by atoms with van der Waals surface area (Å²) >= 11 is 11.6. The molecule has 0 aliphatic carbocycles. The van der Waals surface area contributed by atoms with E-state index in [0.29, 0.717) is 0 Å². The maximum absolute atomic E-state index is 12.4. The summed E-state index contributed by atoms with van der Waals surface area (Å²) in [6, 6.07) is 2.63. The van der Waals surface area contributed by atoms with E-state index in [1.165, 1.54) is 32.4 Å². The van der Waals surface area contributed by atoms with Crippen LogP contribution in [0.15, 0.2) is 23.1 Å². The topological polar surface area (TPSA) is 93.7 Å². The van der Waals surface area contributed by atoms with Crippen molar-refractivity contribution in [2.24, 2.45) is 0 Å². The highest BCUT2D eigenvalue weighted by Gasteiger charge is 2.26. The number of carbonyl (C=O) groups excluding carboxylic acids is 1. The summed E-state index contributed by atoms with van der Waals surface area (Å²) in [5.41, 5.74) is 0. The van der Waals surface area contributed by atoms with Crippen molar-refractivity contribution in [1.29, 1.82) is 0 Å². The molecule has 25 heavy (non-hydrogen) atoms. The van der Waals surface area contributed by atoms with Crippen molar-refractivity contribution in [3.05, 3.63) is 28.2 Å². The lowest BCUT2D eigenvalue weighted by Gasteiger charge is -2.19. The number of rotatable bonds is 9. The van der Waals surface area contributed by atoms with Gasteiger partial charge in [-0.15, -0.1) is 12.3 Å². The summed E-state index contributed by atoms with van der Waals surface area (Å²) in [5, 5.41) is 2.79. The number of carbonyl (C=O) groups is 1. The highest BCUT2D eigenvalue weighted by Crippen LogP contribution is 2.24. The van der Waals surface area contributed by atoms with Crippen LogP contribution in [0.5, 0.6) is 0 Å². The first-order valence-corrected chi connectivity index (χ1v) is 9.23. The van der Waals surface area contributed by atoms with Crippen LogP contribution in [0.2, 0.25) is 10.0 Å². The smallest absolute Gasteiger partial charge is 0.241 e. The van der Waals surface area contributed by atoms with Gasteiger partial charge in [-0.05, 0) is 18.2 Å². The van der Waals surface area contributed by atoms with Crippen LogP contribution in [0, 0.1) is 12.3 Å². The molecular weight excluding hydrogens is 391 g/mol. The molecule has 0 aliphatic rings. The number of nitrogens with one attached hydrogen (secondary N) is 2. The Kier molecular flexibility index (Phi) is 8.65. The predicted octanol–water partition coefficient (Wildman–Crippen LogP) is 1.40. The van der Waals surface area contributed by atoms with Crippen LogP contribution in [-0.2, 0) is 24.3 Å². The first-order chi connectivity index (χ1) is 11.7. The molecule has 1 aromatic rings. The van der Waals surface area contributed by atoms with E-state index < -0.39 is 28.3 Å². The van der Waals surface area contributed by atoms with Crippen LogP contribution in [0.3, 0.4) is 0 Å². The van der Waals surface area contributed by atoms with E-state index in [-0.39, 0.29) is 27.9 Å². The van der Waals surface area contributed by atoms with E-state index in [0.717, 1.165) is 0 Å². The summed E-state index contributed by atoms with van der Waals surface area (Å²) < 4.78 is 37.0. The van der Waals surface area contributed by atoms with Gasteiger partial charge >= 0.3 is 0 Å². The Bertz CT molecular complexity index is 745. The highest BCUT2D eigenvalue weighted by atomic mass is 35.5. The summed E-state index contributed by atoms with van der Waals surface area (Å²) in [5.74, 6) is 1.65. The fourth-order valence-electron chi connectivity index (χ4n) is 1.78. The number of ether oxygens (including phenoxy) is 2. The molecule has 0 aromatic heterocycles. The second-order valence-corrected chi connectivity index (χ2v) is 7.33. The van der Waals surface area contributed by atoms with Gasteiger partial charge in [0.15, 0.2) is 6.29 Å². The van der Waals surface area contributed by atoms with E-state index in [1.807, 2.05) is 0 Å². The summed E-state index contributed by atoms with van der Waals surface area (Å²) in [6.45, 7) is 0.0292. The third-order valence-electron chi connectivity index (χ3n) is 3.11. The molecular formula is C15H18Cl2N2O5S. The minimum atomic E-state index is -4.03. The van der Waals surface area contributed by atoms with Crippen LogP contribution >= 0.6 is 23.2 Å². The molecule has 1 amide bonds. The standard InChI is InChI=1S/C15H18Cl2N2O5S/c1-4-5-13(15(20)18-9-14(23-2)24-3)19-25(21,22)10-6-7-11(16)12(17)8-10/h1,6-8,13-14,19H,5,9H2,2-3H3,(H,18,20)/t13-/m1/s1. The van der Waals surface area contributed by atoms with Gasteiger partial charge in [0.25, 0.3) is 0 Å². The van der Waals surface area contributed by atoms with Crippen molar-refractivity contribution in [3.63, 3.8) is 0 Å². The molecule has 0 saturated heterocycles. The van der Waals surface area contributed by atoms with Gasteiger partial charge in [-0.1, -0.05) is 23.2 Å². The van der Waals surface area contributed by atoms with Gasteiger partial charge in [0, 0.05) is 20.6 Å². The largest absolute Gasteiger partial charge is 0.354 e. The zero-order valence-corrected chi connectivity index (χ0v) is 15.9. The monoisotopic (exact) mass is 408 g/mol. The van der Waals surface area contributed by atoms with Crippen molar-refractivity contribution in [3.8, 4) is 12.3 Å². The lowest BCUT2D eigenvalue weighted by atomic mass is 10.2. The number of hydrogen-bond donors (Lipinski definition) is 2. The Labute approximate surface area is 157 Å². The van der Waals surface area contributed by atoms with E-state index >= 15 is 0 Å². The van der Waals surface area contributed by atoms with Gasteiger partial charge in [0.2, 0.25) is 15.9 Å². The summed E-state index contributed by atoms with van der Waals surface area (Å²) in [6.07, 6.45) is 4.42. The molecule has 0 spiro atoms. The van der Waals surface area contributed by atoms with Crippen LogP contribution in [0.1, 0.15) is 6.42 Å². The number of benzene rings is 1. The highest BCUT2D eigenvalue weighted by molar-refractivity contribution is 7.89. The molecule has 0 aliphatic heterocycles. The average Bonchev–Trinajstić information content (AvgIpc) is 2.57. The molecule has 10 heteroatoms. The Hall–Kier alpha value is -1.34. The first-order valence-electron chi connectivity index (χ1n) is 6.99. The Balaban J connectivity index is 2.90. The molecule has 0 radical (unpaired) electrons. The third-order valence-corrected chi connectivity index (χ3v) is 5.31. The van der Waals surface area contributed by atoms with Gasteiger partial charge in [-0.2, -0.15) is 4.72 Å². The summed E-state index contributed by atoms with van der Waals surface area (Å²) in [7, 11) is -1.21. The molecule has 2 N–H and O–H groups in total. The summed E-state index contributed by atoms with van der Waals surface area (Å²) in [4.78, 5) is 12.1. The molecule has 1 atom stereocenters. The zero-order valence-electron chi connectivity index (χ0n) is 13.6. The number of terminal acetylenes is 1. The number of methoxy groups -OCH3 is 2. The van der Waals surface area contributed by atoms with Crippen molar-refractivity contribution in [2.75, 3.05) is 20.8 Å². The van der Waals surface area contributed by atoms with E-state index in [9.17, 15) is 13.2 Å². The van der Waals surface area contributed by atoms with E-state index in [2.05, 4.69) is 16.0 Å². The number of sulfonamides is 1. The second-order valence-electron chi connectivity index (χ2n) is 4.80. The average molecular weight is 409 g/mol. The fourth-order valence-corrected chi connectivity index (χ4v) is 3.36. The second kappa shape index (κ2) is 9.97. The molecule has 0 unspecified atom stereocenters. The van der Waals surface area contributed by atoms with Gasteiger partial charge < -0.3 is 14.8 Å². The van der Waals surface area contributed by atoms with Crippen LogP contribution in [-0.4, -0.2) is 47.4 Å². The molecule has 0 heterocycles. The normalized spacial score (nSPS) is 12.6. The Morgan fingerprint density at radius 3 is 2.44 bits per heavy atom. The Morgan fingerprint density at radius 2 is 1.92 bits per heavy atom. The number of halogens is 2. The van der Waals surface area contributed by atoms with Gasteiger partial charge in [-0.3, -0.25) is 4.79 Å². The van der Waals surface area contributed by atoms with Crippen LogP contribution < -0.4 is 10.0 Å². The first kappa shape index (κ1) is 21.7. The zero-order chi connectivity index (χ0) is 19.0. The predicted molar refractivity (Wildman–Crippen MR) is 94.8 cm³/mol. The molecule has 0 saturated carbocycles. The molecule has 0 fully saturated rings. The van der Waals surface area contributed by atoms with Crippen molar-refractivity contribution < 1.29 is 22.7 Å². The van der Waals surface area contributed by atoms with Crippen molar-refractivity contribution in [2.45, 2.75) is 23.6 Å². The number of hydrogen-bond acceptors (Lipinski definition) is 5. The van der Waals surface area contributed by atoms with Gasteiger partial charge in [-0.25, -0.2) is 8.42 Å². The van der Waals surface area contributed by atoms with Gasteiger partial charge in [0.1, 0.15) is 6.04 Å². The van der Waals surface area contributed by atoms with Crippen molar-refractivity contribution in [1.82, 2.24) is 10.0 Å². The Morgan fingerprint density at radius 1 is 1.28 bits per heavy atom. The van der Waals surface area contributed by atoms with Crippen LogP contribution in [0.4, 0.5) is 0 Å². The maximum Gasteiger partial charge on any atom is 0.241 e. The maximum atomic E-state index is 12.4. The molecule has 1 rings (SSSR count). The lowest BCUT2D eigenvalue weighted by Crippen LogP contribution is -2.48. The van der Waals surface area contributed by atoms with Crippen molar-refractivity contribution >= 4 is 39.1 Å². The SMILES string of the molecule is C#CC[C@@H](NS(=O)(=O)c1ccc(Cl)c(Cl)c1)C(=O)NCC(OC)OC. The fraction of sp³-hybridized carbons (Fsp3) is 0.400. The van der Waals surface area contributed by atoms with E-state index in [1.54, 1.807) is 0 Å². The lowest BCUT2D eigenvalue weighted by molar-refractivity contribution is -0.128. The molecule has 138 valence electrons. The molecule has 0 bridgehead atoms. The molecule has 7 nitrogen and oxygen atoms in total. The molecule has 1 aromatic carbocycles. The van der Waals surface area contributed by atoms with Gasteiger partial charge in [0.05, 0.1) is 21.5 Å². The van der Waals surface area contributed by atoms with Crippen LogP contribution in [0.25, 0.3) is 0 Å². The van der Waals surface area contributed by atoms with E-state index in [4.69, 9.17) is 39.1 Å². The quantitative estimate of drug-likeness (QED) is 0.475. The number of amides is 1.